The molecule has 2 rings (SSSR count). The first-order valence-electron chi connectivity index (χ1n) is 7.75. The highest BCUT2D eigenvalue weighted by Gasteiger charge is 2.34. The van der Waals surface area contributed by atoms with Gasteiger partial charge in [0, 0.05) is 13.1 Å². The van der Waals surface area contributed by atoms with Crippen molar-refractivity contribution >= 4 is 0 Å². The molecule has 1 aliphatic rings. The van der Waals surface area contributed by atoms with Gasteiger partial charge in [-0.15, -0.1) is 0 Å². The van der Waals surface area contributed by atoms with Crippen molar-refractivity contribution in [2.45, 2.75) is 65.2 Å². The van der Waals surface area contributed by atoms with E-state index in [4.69, 9.17) is 10.5 Å². The van der Waals surface area contributed by atoms with Crippen molar-refractivity contribution < 1.29 is 4.74 Å². The predicted octanol–water partition coefficient (Wildman–Crippen LogP) is 2.36. The van der Waals surface area contributed by atoms with E-state index in [1.807, 2.05) is 4.68 Å². The Labute approximate surface area is 121 Å². The highest BCUT2D eigenvalue weighted by atomic mass is 16.5. The molecule has 1 aliphatic carbocycles. The fraction of sp³-hybridized carbons (Fsp3) is 0.867. The van der Waals surface area contributed by atoms with Gasteiger partial charge in [0.2, 0.25) is 0 Å². The van der Waals surface area contributed by atoms with Crippen LogP contribution >= 0.6 is 0 Å². The lowest BCUT2D eigenvalue weighted by molar-refractivity contribution is -0.0831. The molecule has 0 spiro atoms. The average Bonchev–Trinajstić information content (AvgIpc) is 2.85. The second-order valence-electron chi connectivity index (χ2n) is 6.61. The maximum absolute atomic E-state index is 6.19. The molecular formula is C15H28N4O. The molecule has 0 saturated heterocycles. The number of nitrogens with two attached hydrogens (primary N) is 1. The lowest BCUT2D eigenvalue weighted by atomic mass is 9.79. The summed E-state index contributed by atoms with van der Waals surface area (Å²) < 4.78 is 8.13. The zero-order valence-electron chi connectivity index (χ0n) is 13.0. The molecule has 114 valence electrons. The molecule has 2 N–H and O–H groups in total. The van der Waals surface area contributed by atoms with Gasteiger partial charge in [0.1, 0.15) is 12.9 Å². The molecule has 0 radical (unpaired) electrons. The van der Waals surface area contributed by atoms with Crippen molar-refractivity contribution in [2.24, 2.45) is 17.6 Å². The van der Waals surface area contributed by atoms with Crippen LogP contribution in [0, 0.1) is 11.8 Å². The molecule has 0 aromatic carbocycles. The van der Waals surface area contributed by atoms with Crippen molar-refractivity contribution in [3.63, 3.8) is 0 Å². The summed E-state index contributed by atoms with van der Waals surface area (Å²) >= 11 is 0. The summed E-state index contributed by atoms with van der Waals surface area (Å²) in [4.78, 5) is 4.32. The highest BCUT2D eigenvalue weighted by Crippen LogP contribution is 2.34. The molecule has 1 saturated carbocycles. The van der Waals surface area contributed by atoms with E-state index in [-0.39, 0.29) is 5.60 Å². The van der Waals surface area contributed by atoms with Gasteiger partial charge in [0.15, 0.2) is 5.82 Å². The van der Waals surface area contributed by atoms with E-state index in [0.29, 0.717) is 19.1 Å². The third-order valence-corrected chi connectivity index (χ3v) is 4.30. The summed E-state index contributed by atoms with van der Waals surface area (Å²) in [5.74, 6) is 2.25. The molecule has 0 unspecified atom stereocenters. The minimum atomic E-state index is -0.152. The van der Waals surface area contributed by atoms with E-state index in [9.17, 15) is 0 Å². The summed E-state index contributed by atoms with van der Waals surface area (Å²) in [5.41, 5.74) is 5.82. The maximum atomic E-state index is 6.19. The van der Waals surface area contributed by atoms with E-state index in [1.165, 1.54) is 12.8 Å². The zero-order valence-corrected chi connectivity index (χ0v) is 13.0. The number of ether oxygens (including phenoxy) is 1. The van der Waals surface area contributed by atoms with E-state index >= 15 is 0 Å². The normalized spacial score (nSPS) is 27.1. The second-order valence-corrected chi connectivity index (χ2v) is 6.61. The van der Waals surface area contributed by atoms with Crippen LogP contribution in [0.25, 0.3) is 0 Å². The number of aromatic nitrogens is 3. The molecule has 20 heavy (non-hydrogen) atoms. The summed E-state index contributed by atoms with van der Waals surface area (Å²) in [6.07, 6.45) is 6.14. The van der Waals surface area contributed by atoms with Crippen LogP contribution in [0.15, 0.2) is 6.33 Å². The third-order valence-electron chi connectivity index (χ3n) is 4.30. The first kappa shape index (κ1) is 15.4. The topological polar surface area (TPSA) is 66.0 Å². The zero-order chi connectivity index (χ0) is 14.6. The Kier molecular flexibility index (Phi) is 5.16. The van der Waals surface area contributed by atoms with Crippen LogP contribution in [0.4, 0.5) is 0 Å². The number of hydrogen-bond donors (Lipinski definition) is 1. The van der Waals surface area contributed by atoms with Gasteiger partial charge >= 0.3 is 0 Å². The molecule has 5 nitrogen and oxygen atoms in total. The summed E-state index contributed by atoms with van der Waals surface area (Å²) in [5, 5.41) is 4.28. The summed E-state index contributed by atoms with van der Waals surface area (Å²) in [6, 6.07) is 0. The molecule has 5 heteroatoms. The quantitative estimate of drug-likeness (QED) is 0.868. The fourth-order valence-electron chi connectivity index (χ4n) is 2.81. The van der Waals surface area contributed by atoms with E-state index in [2.05, 4.69) is 30.9 Å². The largest absolute Gasteiger partial charge is 0.366 e. The molecular weight excluding hydrogens is 252 g/mol. The summed E-state index contributed by atoms with van der Waals surface area (Å²) in [7, 11) is 0. The van der Waals surface area contributed by atoms with Crippen molar-refractivity contribution in [2.75, 3.05) is 6.54 Å². The van der Waals surface area contributed by atoms with Crippen LogP contribution < -0.4 is 5.73 Å². The SMILES string of the molecule is CC(C)Cn1ncnc1COC1(CN)CCC(C)CC1. The Morgan fingerprint density at radius 1 is 1.45 bits per heavy atom. The fourth-order valence-corrected chi connectivity index (χ4v) is 2.81. The van der Waals surface area contributed by atoms with Gasteiger partial charge in [0.05, 0.1) is 5.60 Å². The lowest BCUT2D eigenvalue weighted by Crippen LogP contribution is -2.43. The standard InChI is InChI=1S/C15H28N4O/c1-12(2)8-19-14(17-11-18-19)9-20-15(10-16)6-4-13(3)5-7-15/h11-13H,4-10,16H2,1-3H3. The highest BCUT2D eigenvalue weighted by molar-refractivity contribution is 4.90. The average molecular weight is 280 g/mol. The molecule has 1 heterocycles. The Balaban J connectivity index is 1.95. The van der Waals surface area contributed by atoms with Crippen molar-refractivity contribution in [1.29, 1.82) is 0 Å². The van der Waals surface area contributed by atoms with Crippen LogP contribution in [-0.2, 0) is 17.9 Å². The van der Waals surface area contributed by atoms with E-state index < -0.39 is 0 Å². The van der Waals surface area contributed by atoms with Gasteiger partial charge in [-0.1, -0.05) is 20.8 Å². The Bertz CT molecular complexity index is 408. The molecule has 0 aliphatic heterocycles. The monoisotopic (exact) mass is 280 g/mol. The molecule has 0 bridgehead atoms. The predicted molar refractivity (Wildman–Crippen MR) is 79.1 cm³/mol. The first-order chi connectivity index (χ1) is 9.54. The van der Waals surface area contributed by atoms with E-state index in [0.717, 1.165) is 31.1 Å². The van der Waals surface area contributed by atoms with Gasteiger partial charge < -0.3 is 10.5 Å². The third kappa shape index (κ3) is 3.79. The first-order valence-corrected chi connectivity index (χ1v) is 7.75. The smallest absolute Gasteiger partial charge is 0.152 e. The number of nitrogens with zero attached hydrogens (tertiary/aromatic N) is 3. The van der Waals surface area contributed by atoms with Crippen molar-refractivity contribution in [3.05, 3.63) is 12.2 Å². The molecule has 1 aromatic heterocycles. The van der Waals surface area contributed by atoms with Crippen LogP contribution in [-0.4, -0.2) is 26.9 Å². The van der Waals surface area contributed by atoms with Crippen LogP contribution in [0.3, 0.4) is 0 Å². The Morgan fingerprint density at radius 2 is 2.15 bits per heavy atom. The number of rotatable bonds is 6. The van der Waals surface area contributed by atoms with Gasteiger partial charge in [-0.25, -0.2) is 9.67 Å². The maximum Gasteiger partial charge on any atom is 0.152 e. The van der Waals surface area contributed by atoms with Crippen molar-refractivity contribution in [1.82, 2.24) is 14.8 Å². The summed E-state index contributed by atoms with van der Waals surface area (Å²) in [6.45, 7) is 8.65. The van der Waals surface area contributed by atoms with Crippen LogP contribution in [0.1, 0.15) is 52.3 Å². The minimum absolute atomic E-state index is 0.152. The molecule has 0 atom stereocenters. The Hall–Kier alpha value is -0.940. The molecule has 1 fully saturated rings. The van der Waals surface area contributed by atoms with Crippen LogP contribution in [0.2, 0.25) is 0 Å². The second kappa shape index (κ2) is 6.68. The molecule has 1 aromatic rings. The van der Waals surface area contributed by atoms with Gasteiger partial charge in [-0.05, 0) is 37.5 Å². The van der Waals surface area contributed by atoms with E-state index in [1.54, 1.807) is 6.33 Å². The van der Waals surface area contributed by atoms with Crippen molar-refractivity contribution in [3.8, 4) is 0 Å². The van der Waals surface area contributed by atoms with Gasteiger partial charge in [0.25, 0.3) is 0 Å². The number of hydrogen-bond acceptors (Lipinski definition) is 4. The van der Waals surface area contributed by atoms with Gasteiger partial charge in [-0.3, -0.25) is 0 Å². The van der Waals surface area contributed by atoms with Gasteiger partial charge in [-0.2, -0.15) is 5.10 Å². The minimum Gasteiger partial charge on any atom is -0.366 e. The molecule has 0 amide bonds. The van der Waals surface area contributed by atoms with Crippen LogP contribution in [0.5, 0.6) is 0 Å². The lowest BCUT2D eigenvalue weighted by Gasteiger charge is -2.38. The Morgan fingerprint density at radius 3 is 2.75 bits per heavy atom.